The van der Waals surface area contributed by atoms with Crippen LogP contribution in [0.5, 0.6) is 0 Å². The Kier molecular flexibility index (Phi) is 6.02. The molecule has 34 heavy (non-hydrogen) atoms. The fourth-order valence-electron chi connectivity index (χ4n) is 5.52. The van der Waals surface area contributed by atoms with E-state index in [9.17, 15) is 14.4 Å². The van der Waals surface area contributed by atoms with E-state index in [4.69, 9.17) is 9.84 Å². The van der Waals surface area contributed by atoms with E-state index in [0.29, 0.717) is 19.3 Å². The lowest BCUT2D eigenvalue weighted by Gasteiger charge is -2.30. The number of hydrogen-bond donors (Lipinski definition) is 3. The van der Waals surface area contributed by atoms with Crippen LogP contribution >= 0.6 is 0 Å². The summed E-state index contributed by atoms with van der Waals surface area (Å²) in [6.07, 6.45) is 3.84. The van der Waals surface area contributed by atoms with E-state index < -0.39 is 17.6 Å². The summed E-state index contributed by atoms with van der Waals surface area (Å²) < 4.78 is 5.66. The van der Waals surface area contributed by atoms with Gasteiger partial charge in [-0.25, -0.2) is 4.79 Å². The van der Waals surface area contributed by atoms with Crippen LogP contribution in [0.15, 0.2) is 48.5 Å². The first-order valence-corrected chi connectivity index (χ1v) is 12.1. The summed E-state index contributed by atoms with van der Waals surface area (Å²) in [5.41, 5.74) is 4.13. The number of carboxylic acids is 1. The number of carbonyl (C=O) groups excluding carboxylic acids is 2. The topological polar surface area (TPSA) is 105 Å². The van der Waals surface area contributed by atoms with Crippen molar-refractivity contribution in [3.63, 3.8) is 0 Å². The number of amides is 2. The van der Waals surface area contributed by atoms with E-state index in [0.717, 1.165) is 19.3 Å². The number of hydrogen-bond acceptors (Lipinski definition) is 4. The molecule has 0 radical (unpaired) electrons. The molecular formula is C27H30N2O5. The van der Waals surface area contributed by atoms with E-state index in [1.807, 2.05) is 24.3 Å². The van der Waals surface area contributed by atoms with Crippen molar-refractivity contribution >= 4 is 18.0 Å². The Morgan fingerprint density at radius 1 is 0.971 bits per heavy atom. The molecule has 0 spiro atoms. The average molecular weight is 463 g/mol. The minimum Gasteiger partial charge on any atom is -0.481 e. The lowest BCUT2D eigenvalue weighted by Crippen LogP contribution is -2.46. The minimum atomic E-state index is -0.892. The summed E-state index contributed by atoms with van der Waals surface area (Å²) in [5, 5.41) is 15.0. The molecule has 3 N–H and O–H groups in total. The lowest BCUT2D eigenvalue weighted by atomic mass is 9.85. The van der Waals surface area contributed by atoms with E-state index in [1.165, 1.54) is 22.3 Å². The number of ether oxygens (including phenoxy) is 1. The molecule has 2 saturated carbocycles. The molecule has 0 heterocycles. The molecule has 2 fully saturated rings. The third-order valence-electron chi connectivity index (χ3n) is 7.44. The normalized spacial score (nSPS) is 22.2. The number of aliphatic carboxylic acids is 1. The third kappa shape index (κ3) is 4.65. The molecule has 2 amide bonds. The fourth-order valence-corrected chi connectivity index (χ4v) is 5.52. The van der Waals surface area contributed by atoms with Crippen LogP contribution in [-0.4, -0.2) is 41.3 Å². The van der Waals surface area contributed by atoms with Crippen molar-refractivity contribution in [3.05, 3.63) is 59.7 Å². The van der Waals surface area contributed by atoms with Crippen LogP contribution in [0.4, 0.5) is 4.79 Å². The van der Waals surface area contributed by atoms with Gasteiger partial charge in [0, 0.05) is 17.9 Å². The van der Waals surface area contributed by atoms with Gasteiger partial charge in [-0.05, 0) is 54.4 Å². The zero-order valence-electron chi connectivity index (χ0n) is 19.1. The zero-order valence-corrected chi connectivity index (χ0v) is 19.1. The summed E-state index contributed by atoms with van der Waals surface area (Å²) in [5.74, 6) is -1.21. The number of carbonyl (C=O) groups is 3. The number of rotatable bonds is 7. The smallest absolute Gasteiger partial charge is 0.407 e. The van der Waals surface area contributed by atoms with Crippen molar-refractivity contribution in [1.29, 1.82) is 0 Å². The largest absolute Gasteiger partial charge is 0.481 e. The van der Waals surface area contributed by atoms with Gasteiger partial charge in [0.1, 0.15) is 6.61 Å². The summed E-state index contributed by atoms with van der Waals surface area (Å²) in [6, 6.07) is 16.3. The molecule has 7 heteroatoms. The molecule has 3 aliphatic rings. The van der Waals surface area contributed by atoms with Crippen molar-refractivity contribution in [1.82, 2.24) is 10.6 Å². The summed E-state index contributed by atoms with van der Waals surface area (Å²) in [6.45, 7) is 0.258. The van der Waals surface area contributed by atoms with Crippen molar-refractivity contribution in [3.8, 4) is 11.1 Å². The maximum Gasteiger partial charge on any atom is 0.407 e. The van der Waals surface area contributed by atoms with Crippen molar-refractivity contribution < 1.29 is 24.2 Å². The number of carboxylic acid groups (broad SMARTS) is 1. The standard InChI is InChI=1S/C27H30N2O5/c30-24(31)15-27(12-13-27)29-25(32)17-6-5-7-18(14-17)28-26(33)34-16-23-21-10-3-1-8-19(21)20-9-2-4-11-22(20)23/h1-4,8-11,17-18,23H,5-7,12-16H2,(H,28,33)(H,29,32)(H,30,31)/t17-,18+/m0/s1. The molecule has 0 unspecified atom stereocenters. The quantitative estimate of drug-likeness (QED) is 0.572. The van der Waals surface area contributed by atoms with Crippen LogP contribution in [0.2, 0.25) is 0 Å². The Bertz CT molecular complexity index is 1060. The lowest BCUT2D eigenvalue weighted by molar-refractivity contribution is -0.138. The van der Waals surface area contributed by atoms with Crippen LogP contribution < -0.4 is 10.6 Å². The highest BCUT2D eigenvalue weighted by Gasteiger charge is 2.47. The van der Waals surface area contributed by atoms with E-state index >= 15 is 0 Å². The summed E-state index contributed by atoms with van der Waals surface area (Å²) in [4.78, 5) is 36.4. The molecule has 2 aromatic rings. The summed E-state index contributed by atoms with van der Waals surface area (Å²) in [7, 11) is 0. The Morgan fingerprint density at radius 2 is 1.62 bits per heavy atom. The maximum atomic E-state index is 12.8. The van der Waals surface area contributed by atoms with Gasteiger partial charge in [0.15, 0.2) is 0 Å². The number of benzene rings is 2. The van der Waals surface area contributed by atoms with Gasteiger partial charge >= 0.3 is 12.1 Å². The Labute approximate surface area is 198 Å². The zero-order chi connectivity index (χ0) is 23.7. The van der Waals surface area contributed by atoms with Crippen molar-refractivity contribution in [2.75, 3.05) is 6.61 Å². The Hall–Kier alpha value is -3.35. The van der Waals surface area contributed by atoms with E-state index in [-0.39, 0.29) is 36.8 Å². The molecule has 0 bridgehead atoms. The molecule has 3 aliphatic carbocycles. The predicted molar refractivity (Wildman–Crippen MR) is 126 cm³/mol. The molecule has 5 rings (SSSR count). The molecule has 0 aliphatic heterocycles. The van der Waals surface area contributed by atoms with Crippen LogP contribution in [0.25, 0.3) is 11.1 Å². The first kappa shape index (κ1) is 22.4. The molecule has 0 aromatic heterocycles. The molecule has 2 aromatic carbocycles. The second-order valence-corrected chi connectivity index (χ2v) is 9.87. The van der Waals surface area contributed by atoms with Crippen LogP contribution in [0.3, 0.4) is 0 Å². The van der Waals surface area contributed by atoms with Gasteiger partial charge in [0.2, 0.25) is 5.91 Å². The van der Waals surface area contributed by atoms with Crippen LogP contribution in [0.1, 0.15) is 62.0 Å². The van der Waals surface area contributed by atoms with Crippen molar-refractivity contribution in [2.45, 2.75) is 62.4 Å². The molecule has 178 valence electrons. The number of fused-ring (bicyclic) bond motifs is 3. The van der Waals surface area contributed by atoms with Gasteiger partial charge in [0.05, 0.1) is 12.0 Å². The van der Waals surface area contributed by atoms with Gasteiger partial charge in [-0.3, -0.25) is 9.59 Å². The van der Waals surface area contributed by atoms with Gasteiger partial charge < -0.3 is 20.5 Å². The monoisotopic (exact) mass is 462 g/mol. The van der Waals surface area contributed by atoms with E-state index in [1.54, 1.807) is 0 Å². The number of nitrogens with one attached hydrogen (secondary N) is 2. The van der Waals surface area contributed by atoms with Crippen molar-refractivity contribution in [2.24, 2.45) is 5.92 Å². The molecule has 7 nitrogen and oxygen atoms in total. The van der Waals surface area contributed by atoms with Gasteiger partial charge in [-0.15, -0.1) is 0 Å². The first-order chi connectivity index (χ1) is 16.4. The van der Waals surface area contributed by atoms with Gasteiger partial charge in [-0.1, -0.05) is 55.0 Å². The molecular weight excluding hydrogens is 432 g/mol. The first-order valence-electron chi connectivity index (χ1n) is 12.1. The van der Waals surface area contributed by atoms with Crippen LogP contribution in [-0.2, 0) is 14.3 Å². The van der Waals surface area contributed by atoms with E-state index in [2.05, 4.69) is 34.9 Å². The number of alkyl carbamates (subject to hydrolysis) is 1. The molecule has 2 atom stereocenters. The van der Waals surface area contributed by atoms with Gasteiger partial charge in [0.25, 0.3) is 0 Å². The predicted octanol–water partition coefficient (Wildman–Crippen LogP) is 4.21. The molecule has 0 saturated heterocycles. The highest BCUT2D eigenvalue weighted by molar-refractivity contribution is 5.82. The maximum absolute atomic E-state index is 12.8. The van der Waals surface area contributed by atoms with Crippen LogP contribution in [0, 0.1) is 5.92 Å². The second-order valence-electron chi connectivity index (χ2n) is 9.87. The second kappa shape index (κ2) is 9.12. The Morgan fingerprint density at radius 3 is 2.24 bits per heavy atom. The third-order valence-corrected chi connectivity index (χ3v) is 7.44. The average Bonchev–Trinajstić information content (AvgIpc) is 3.49. The van der Waals surface area contributed by atoms with Gasteiger partial charge in [-0.2, -0.15) is 0 Å². The highest BCUT2D eigenvalue weighted by Crippen LogP contribution is 2.44. The minimum absolute atomic E-state index is 0.00648. The summed E-state index contributed by atoms with van der Waals surface area (Å²) >= 11 is 0. The highest BCUT2D eigenvalue weighted by atomic mass is 16.5. The SMILES string of the molecule is O=C(O)CC1(NC(=O)[C@H]2CCC[C@@H](NC(=O)OCC3c4ccccc4-c4ccccc43)C2)CC1. The fraction of sp³-hybridized carbons (Fsp3) is 0.444. The Balaban J connectivity index is 1.15.